The minimum absolute atomic E-state index is 0.0188. The van der Waals surface area contributed by atoms with Gasteiger partial charge in [-0.05, 0) is 44.9 Å². The van der Waals surface area contributed by atoms with E-state index in [1.54, 1.807) is 0 Å². The number of rotatable bonds is 2. The van der Waals surface area contributed by atoms with Gasteiger partial charge in [0.25, 0.3) is 0 Å². The molecule has 2 unspecified atom stereocenters. The van der Waals surface area contributed by atoms with Crippen LogP contribution in [0.5, 0.6) is 0 Å². The van der Waals surface area contributed by atoms with Crippen LogP contribution in [-0.4, -0.2) is 41.0 Å². The Balaban J connectivity index is 2.91. The first-order chi connectivity index (χ1) is 10.2. The van der Waals surface area contributed by atoms with E-state index in [9.17, 15) is 9.59 Å². The SMILES string of the molecule is CC1[C@@H](C)[C@@H](C)CN1C(=O)C(NC(=O)NC(C)(C)C)C(C)(C)C. The molecule has 1 saturated heterocycles. The maximum atomic E-state index is 13.1. The molecule has 1 aliphatic heterocycles. The van der Waals surface area contributed by atoms with E-state index in [1.807, 2.05) is 46.4 Å². The van der Waals surface area contributed by atoms with Crippen LogP contribution in [0.2, 0.25) is 0 Å². The molecular formula is C18H35N3O2. The summed E-state index contributed by atoms with van der Waals surface area (Å²) in [6.45, 7) is 19.0. The van der Waals surface area contributed by atoms with Crippen molar-refractivity contribution in [3.8, 4) is 0 Å². The van der Waals surface area contributed by atoms with E-state index in [1.165, 1.54) is 0 Å². The van der Waals surface area contributed by atoms with E-state index in [0.29, 0.717) is 11.8 Å². The molecule has 0 radical (unpaired) electrons. The Bertz CT molecular complexity index is 448. The zero-order valence-electron chi connectivity index (χ0n) is 16.3. The summed E-state index contributed by atoms with van der Waals surface area (Å²) in [5, 5.41) is 5.77. The summed E-state index contributed by atoms with van der Waals surface area (Å²) in [7, 11) is 0. The zero-order chi connectivity index (χ0) is 18.2. The molecule has 1 rings (SSSR count). The fourth-order valence-electron chi connectivity index (χ4n) is 3.02. The topological polar surface area (TPSA) is 61.4 Å². The second kappa shape index (κ2) is 6.70. The van der Waals surface area contributed by atoms with Crippen molar-refractivity contribution in [1.82, 2.24) is 15.5 Å². The number of nitrogens with zero attached hydrogens (tertiary/aromatic N) is 1. The van der Waals surface area contributed by atoms with Crippen LogP contribution < -0.4 is 10.6 Å². The van der Waals surface area contributed by atoms with Gasteiger partial charge in [0.2, 0.25) is 5.91 Å². The number of amides is 3. The van der Waals surface area contributed by atoms with E-state index < -0.39 is 6.04 Å². The largest absolute Gasteiger partial charge is 0.338 e. The number of likely N-dealkylation sites (tertiary alicyclic amines) is 1. The standard InChI is InChI=1S/C18H35N3O2/c1-11-10-21(13(3)12(11)2)15(22)14(17(4,5)6)19-16(23)20-18(7,8)9/h11-14H,10H2,1-9H3,(H2,19,20,23)/t11-,12-,13?,14?/m0/s1. The van der Waals surface area contributed by atoms with Crippen molar-refractivity contribution in [2.24, 2.45) is 17.3 Å². The molecule has 0 aromatic heterocycles. The Labute approximate surface area is 141 Å². The third-order valence-corrected chi connectivity index (χ3v) is 4.79. The van der Waals surface area contributed by atoms with E-state index >= 15 is 0 Å². The predicted molar refractivity (Wildman–Crippen MR) is 94.2 cm³/mol. The molecular weight excluding hydrogens is 290 g/mol. The normalized spacial score (nSPS) is 26.8. The zero-order valence-corrected chi connectivity index (χ0v) is 16.3. The molecule has 0 aliphatic carbocycles. The number of hydrogen-bond donors (Lipinski definition) is 2. The Morgan fingerprint density at radius 3 is 1.91 bits per heavy atom. The van der Waals surface area contributed by atoms with Crippen LogP contribution in [0.15, 0.2) is 0 Å². The molecule has 1 heterocycles. The minimum Gasteiger partial charge on any atom is -0.338 e. The lowest BCUT2D eigenvalue weighted by Crippen LogP contribution is -2.59. The number of carbonyl (C=O) groups excluding carboxylic acids is 2. The van der Waals surface area contributed by atoms with Gasteiger partial charge in [0, 0.05) is 18.1 Å². The van der Waals surface area contributed by atoms with Crippen molar-refractivity contribution in [1.29, 1.82) is 0 Å². The Morgan fingerprint density at radius 1 is 1.04 bits per heavy atom. The third-order valence-electron chi connectivity index (χ3n) is 4.79. The molecule has 5 heteroatoms. The highest BCUT2D eigenvalue weighted by atomic mass is 16.2. The van der Waals surface area contributed by atoms with Crippen molar-refractivity contribution in [3.63, 3.8) is 0 Å². The summed E-state index contributed by atoms with van der Waals surface area (Å²) in [4.78, 5) is 27.3. The average molecular weight is 325 g/mol. The van der Waals surface area contributed by atoms with Gasteiger partial charge < -0.3 is 15.5 Å². The molecule has 134 valence electrons. The second-order valence-corrected chi connectivity index (χ2v) is 9.22. The summed E-state index contributed by atoms with van der Waals surface area (Å²) in [5.74, 6) is 0.978. The number of urea groups is 1. The van der Waals surface area contributed by atoms with E-state index in [0.717, 1.165) is 6.54 Å². The molecule has 0 saturated carbocycles. The summed E-state index contributed by atoms with van der Waals surface area (Å²) in [5.41, 5.74) is -0.680. The smallest absolute Gasteiger partial charge is 0.315 e. The molecule has 0 bridgehead atoms. The lowest BCUT2D eigenvalue weighted by Gasteiger charge is -2.36. The number of nitrogens with one attached hydrogen (secondary N) is 2. The van der Waals surface area contributed by atoms with E-state index in [-0.39, 0.29) is 28.9 Å². The molecule has 5 nitrogen and oxygen atoms in total. The van der Waals surface area contributed by atoms with Gasteiger partial charge in [-0.15, -0.1) is 0 Å². The van der Waals surface area contributed by atoms with Crippen LogP contribution in [0.4, 0.5) is 4.79 Å². The molecule has 0 spiro atoms. The maximum absolute atomic E-state index is 13.1. The summed E-state index contributed by atoms with van der Waals surface area (Å²) >= 11 is 0. The lowest BCUT2D eigenvalue weighted by molar-refractivity contribution is -0.136. The molecule has 3 amide bonds. The highest BCUT2D eigenvalue weighted by molar-refractivity contribution is 5.88. The van der Waals surface area contributed by atoms with Crippen molar-refractivity contribution in [2.75, 3.05) is 6.54 Å². The highest BCUT2D eigenvalue weighted by Crippen LogP contribution is 2.31. The van der Waals surface area contributed by atoms with Gasteiger partial charge in [-0.3, -0.25) is 4.79 Å². The highest BCUT2D eigenvalue weighted by Gasteiger charge is 2.42. The minimum atomic E-state index is -0.537. The van der Waals surface area contributed by atoms with Gasteiger partial charge in [-0.2, -0.15) is 0 Å². The fourth-order valence-corrected chi connectivity index (χ4v) is 3.02. The molecule has 0 aromatic carbocycles. The summed E-state index contributed by atoms with van der Waals surface area (Å²) in [6.07, 6.45) is 0. The maximum Gasteiger partial charge on any atom is 0.315 e. The second-order valence-electron chi connectivity index (χ2n) is 9.22. The summed E-state index contributed by atoms with van der Waals surface area (Å²) < 4.78 is 0. The van der Waals surface area contributed by atoms with Crippen molar-refractivity contribution in [3.05, 3.63) is 0 Å². The first-order valence-corrected chi connectivity index (χ1v) is 8.63. The molecule has 23 heavy (non-hydrogen) atoms. The fraction of sp³-hybridized carbons (Fsp3) is 0.889. The third kappa shape index (κ3) is 5.11. The molecule has 2 N–H and O–H groups in total. The average Bonchev–Trinajstić information content (AvgIpc) is 2.59. The van der Waals surface area contributed by atoms with Crippen LogP contribution in [-0.2, 0) is 4.79 Å². The molecule has 4 atom stereocenters. The first-order valence-electron chi connectivity index (χ1n) is 8.63. The van der Waals surface area contributed by atoms with Gasteiger partial charge >= 0.3 is 6.03 Å². The number of hydrogen-bond acceptors (Lipinski definition) is 2. The van der Waals surface area contributed by atoms with Crippen molar-refractivity contribution < 1.29 is 9.59 Å². The Hall–Kier alpha value is -1.26. The van der Waals surface area contributed by atoms with Crippen LogP contribution in [0.25, 0.3) is 0 Å². The van der Waals surface area contributed by atoms with Crippen molar-refractivity contribution >= 4 is 11.9 Å². The van der Waals surface area contributed by atoms with Gasteiger partial charge in [-0.25, -0.2) is 4.79 Å². The van der Waals surface area contributed by atoms with Gasteiger partial charge in [0.15, 0.2) is 0 Å². The predicted octanol–water partition coefficient (Wildman–Crippen LogP) is 3.00. The first kappa shape index (κ1) is 19.8. The monoisotopic (exact) mass is 325 g/mol. The van der Waals surface area contributed by atoms with Crippen LogP contribution in [0.3, 0.4) is 0 Å². The summed E-state index contributed by atoms with van der Waals surface area (Å²) in [6, 6.07) is -0.627. The van der Waals surface area contributed by atoms with E-state index in [2.05, 4.69) is 31.4 Å². The molecule has 1 fully saturated rings. The molecule has 0 aromatic rings. The van der Waals surface area contributed by atoms with Crippen LogP contribution in [0, 0.1) is 17.3 Å². The molecule has 1 aliphatic rings. The number of carbonyl (C=O) groups is 2. The van der Waals surface area contributed by atoms with Gasteiger partial charge in [-0.1, -0.05) is 34.6 Å². The van der Waals surface area contributed by atoms with Gasteiger partial charge in [0.1, 0.15) is 6.04 Å². The Kier molecular flexibility index (Phi) is 5.76. The van der Waals surface area contributed by atoms with Gasteiger partial charge in [0.05, 0.1) is 0 Å². The lowest BCUT2D eigenvalue weighted by atomic mass is 9.85. The Morgan fingerprint density at radius 2 is 1.57 bits per heavy atom. The van der Waals surface area contributed by atoms with Crippen LogP contribution >= 0.6 is 0 Å². The van der Waals surface area contributed by atoms with Crippen molar-refractivity contribution in [2.45, 2.75) is 79.9 Å². The van der Waals surface area contributed by atoms with E-state index in [4.69, 9.17) is 0 Å². The van der Waals surface area contributed by atoms with Crippen LogP contribution in [0.1, 0.15) is 62.3 Å². The quantitative estimate of drug-likeness (QED) is 0.820.